The van der Waals surface area contributed by atoms with Crippen LogP contribution in [0, 0.1) is 11.3 Å². The summed E-state index contributed by atoms with van der Waals surface area (Å²) in [6, 6.07) is 9.75. The summed E-state index contributed by atoms with van der Waals surface area (Å²) < 4.78 is 10.9. The van der Waals surface area contributed by atoms with E-state index in [-0.39, 0.29) is 17.6 Å². The van der Waals surface area contributed by atoms with Gasteiger partial charge in [-0.2, -0.15) is 0 Å². The number of carbonyl (C=O) groups is 2. The molecule has 1 aromatic rings. The fraction of sp³-hybridized carbons (Fsp3) is 0.583. The van der Waals surface area contributed by atoms with E-state index in [0.717, 1.165) is 37.9 Å². The molecule has 1 aliphatic carbocycles. The van der Waals surface area contributed by atoms with Crippen LogP contribution in [0.5, 0.6) is 0 Å². The first-order valence-corrected chi connectivity index (χ1v) is 10.9. The molecule has 2 heterocycles. The van der Waals surface area contributed by atoms with Crippen molar-refractivity contribution in [3.05, 3.63) is 47.5 Å². The lowest BCUT2D eigenvalue weighted by Crippen LogP contribution is -2.64. The Morgan fingerprint density at radius 2 is 1.77 bits per heavy atom. The lowest BCUT2D eigenvalue weighted by molar-refractivity contribution is -0.0881. The van der Waals surface area contributed by atoms with Gasteiger partial charge in [-0.1, -0.05) is 42.0 Å². The second-order valence-electron chi connectivity index (χ2n) is 9.96. The summed E-state index contributed by atoms with van der Waals surface area (Å²) in [6.07, 6.45) is 4.95. The first kappa shape index (κ1) is 20.8. The van der Waals surface area contributed by atoms with E-state index in [9.17, 15) is 9.59 Å². The summed E-state index contributed by atoms with van der Waals surface area (Å²) in [4.78, 5) is 28.0. The highest BCUT2D eigenvalue weighted by Crippen LogP contribution is 2.55. The van der Waals surface area contributed by atoms with Crippen LogP contribution in [0.4, 0.5) is 9.59 Å². The predicted octanol–water partition coefficient (Wildman–Crippen LogP) is 4.60. The number of rotatable bonds is 3. The fourth-order valence-electron chi connectivity index (χ4n) is 4.76. The number of benzene rings is 1. The van der Waals surface area contributed by atoms with E-state index in [1.807, 2.05) is 56.0 Å². The maximum atomic E-state index is 12.3. The lowest BCUT2D eigenvalue weighted by Gasteiger charge is -2.59. The van der Waals surface area contributed by atoms with Crippen LogP contribution in [-0.2, 0) is 16.1 Å². The number of hydrogen-bond donors (Lipinski definition) is 0. The molecular weight excluding hydrogens is 380 g/mol. The highest BCUT2D eigenvalue weighted by molar-refractivity contribution is 5.70. The summed E-state index contributed by atoms with van der Waals surface area (Å²) in [5.41, 5.74) is 2.31. The van der Waals surface area contributed by atoms with Gasteiger partial charge in [-0.15, -0.1) is 0 Å². The molecule has 2 amide bonds. The van der Waals surface area contributed by atoms with Crippen LogP contribution < -0.4 is 0 Å². The van der Waals surface area contributed by atoms with Crippen LogP contribution in [0.2, 0.25) is 0 Å². The summed E-state index contributed by atoms with van der Waals surface area (Å²) in [7, 11) is 0. The molecule has 0 bridgehead atoms. The summed E-state index contributed by atoms with van der Waals surface area (Å²) in [6.45, 7) is 8.96. The van der Waals surface area contributed by atoms with Crippen LogP contribution in [-0.4, -0.2) is 53.8 Å². The van der Waals surface area contributed by atoms with E-state index in [2.05, 4.69) is 6.08 Å². The minimum atomic E-state index is -0.441. The van der Waals surface area contributed by atoms with Gasteiger partial charge < -0.3 is 19.3 Å². The smallest absolute Gasteiger partial charge is 0.410 e. The molecule has 0 unspecified atom stereocenters. The van der Waals surface area contributed by atoms with Crippen molar-refractivity contribution < 1.29 is 19.1 Å². The van der Waals surface area contributed by atoms with Gasteiger partial charge in [0.25, 0.3) is 0 Å². The third-order valence-corrected chi connectivity index (χ3v) is 6.30. The first-order chi connectivity index (χ1) is 14.2. The van der Waals surface area contributed by atoms with Crippen LogP contribution in [0.15, 0.2) is 42.0 Å². The monoisotopic (exact) mass is 412 g/mol. The molecule has 0 radical (unpaired) electrons. The van der Waals surface area contributed by atoms with Crippen LogP contribution >= 0.6 is 0 Å². The van der Waals surface area contributed by atoms with Crippen molar-refractivity contribution in [1.82, 2.24) is 9.80 Å². The van der Waals surface area contributed by atoms with Crippen molar-refractivity contribution in [1.29, 1.82) is 0 Å². The first-order valence-electron chi connectivity index (χ1n) is 10.9. The molecule has 30 heavy (non-hydrogen) atoms. The Bertz CT molecular complexity index is 813. The Morgan fingerprint density at radius 3 is 2.37 bits per heavy atom. The standard InChI is InChI=1S/C24H32N2O4/c1-23(2,3)30-22(28)26-16-24(17-26)13-20(14-24)19-9-11-25(12-10-19)21(27)29-15-18-7-5-4-6-8-18/h4-9,20H,10-17H2,1-3H3. The van der Waals surface area contributed by atoms with E-state index in [4.69, 9.17) is 9.47 Å². The largest absolute Gasteiger partial charge is 0.445 e. The van der Waals surface area contributed by atoms with Crippen molar-refractivity contribution in [2.75, 3.05) is 26.2 Å². The molecule has 1 spiro atoms. The zero-order chi connectivity index (χ0) is 21.4. The van der Waals surface area contributed by atoms with Gasteiger partial charge in [0.15, 0.2) is 0 Å². The summed E-state index contributed by atoms with van der Waals surface area (Å²) in [5, 5.41) is 0. The molecule has 2 fully saturated rings. The van der Waals surface area contributed by atoms with Crippen molar-refractivity contribution in [2.24, 2.45) is 11.3 Å². The average molecular weight is 413 g/mol. The Kier molecular flexibility index (Phi) is 5.51. The fourth-order valence-corrected chi connectivity index (χ4v) is 4.76. The highest BCUT2D eigenvalue weighted by Gasteiger charge is 2.55. The van der Waals surface area contributed by atoms with Crippen molar-refractivity contribution in [2.45, 2.75) is 52.2 Å². The molecule has 1 saturated heterocycles. The van der Waals surface area contributed by atoms with Gasteiger partial charge in [-0.25, -0.2) is 9.59 Å². The molecule has 2 aliphatic heterocycles. The summed E-state index contributed by atoms with van der Waals surface area (Å²) >= 11 is 0. The van der Waals surface area contributed by atoms with Gasteiger partial charge in [0.05, 0.1) is 0 Å². The molecule has 162 valence electrons. The molecule has 6 nitrogen and oxygen atoms in total. The van der Waals surface area contributed by atoms with Gasteiger partial charge in [0, 0.05) is 31.6 Å². The van der Waals surface area contributed by atoms with Gasteiger partial charge in [0.2, 0.25) is 0 Å². The van der Waals surface area contributed by atoms with E-state index >= 15 is 0 Å². The average Bonchev–Trinajstić information content (AvgIpc) is 2.64. The third-order valence-electron chi connectivity index (χ3n) is 6.30. The molecule has 1 saturated carbocycles. The van der Waals surface area contributed by atoms with Gasteiger partial charge in [0.1, 0.15) is 12.2 Å². The molecule has 0 aromatic heterocycles. The van der Waals surface area contributed by atoms with E-state index in [1.54, 1.807) is 4.90 Å². The van der Waals surface area contributed by atoms with E-state index < -0.39 is 5.60 Å². The van der Waals surface area contributed by atoms with Gasteiger partial charge in [-0.3, -0.25) is 0 Å². The molecule has 4 rings (SSSR count). The molecule has 1 aromatic carbocycles. The maximum absolute atomic E-state index is 12.3. The highest BCUT2D eigenvalue weighted by atomic mass is 16.6. The predicted molar refractivity (Wildman–Crippen MR) is 114 cm³/mol. The second-order valence-corrected chi connectivity index (χ2v) is 9.96. The zero-order valence-corrected chi connectivity index (χ0v) is 18.2. The second kappa shape index (κ2) is 7.97. The maximum Gasteiger partial charge on any atom is 0.410 e. The minimum Gasteiger partial charge on any atom is -0.445 e. The Labute approximate surface area is 178 Å². The topological polar surface area (TPSA) is 59.1 Å². The third kappa shape index (κ3) is 4.63. The lowest BCUT2D eigenvalue weighted by atomic mass is 9.55. The number of carbonyl (C=O) groups excluding carboxylic acids is 2. The van der Waals surface area contributed by atoms with Crippen molar-refractivity contribution in [3.63, 3.8) is 0 Å². The SMILES string of the molecule is CC(C)(C)OC(=O)N1CC2(CC(C3=CCN(C(=O)OCc4ccccc4)CC3)C2)C1. The molecule has 0 atom stereocenters. The molecular formula is C24H32N2O4. The number of nitrogens with zero attached hydrogens (tertiary/aromatic N) is 2. The number of hydrogen-bond acceptors (Lipinski definition) is 4. The van der Waals surface area contributed by atoms with Crippen LogP contribution in [0.25, 0.3) is 0 Å². The Hall–Kier alpha value is -2.50. The quantitative estimate of drug-likeness (QED) is 0.681. The number of ether oxygens (including phenoxy) is 2. The van der Waals surface area contributed by atoms with Crippen LogP contribution in [0.1, 0.15) is 45.6 Å². The minimum absolute atomic E-state index is 0.196. The van der Waals surface area contributed by atoms with Crippen molar-refractivity contribution in [3.8, 4) is 0 Å². The van der Waals surface area contributed by atoms with Gasteiger partial charge >= 0.3 is 12.2 Å². The molecule has 6 heteroatoms. The number of likely N-dealkylation sites (tertiary alicyclic amines) is 1. The normalized spacial score (nSPS) is 20.8. The van der Waals surface area contributed by atoms with E-state index in [1.165, 1.54) is 5.57 Å². The summed E-state index contributed by atoms with van der Waals surface area (Å²) in [5.74, 6) is 0.591. The molecule has 0 N–H and O–H groups in total. The van der Waals surface area contributed by atoms with Gasteiger partial charge in [-0.05, 0) is 51.5 Å². The zero-order valence-electron chi connectivity index (χ0n) is 18.2. The van der Waals surface area contributed by atoms with Crippen molar-refractivity contribution >= 4 is 12.2 Å². The Morgan fingerprint density at radius 1 is 1.07 bits per heavy atom. The van der Waals surface area contributed by atoms with E-state index in [0.29, 0.717) is 25.6 Å². The number of amides is 2. The molecule has 3 aliphatic rings. The Balaban J connectivity index is 1.19. The van der Waals surface area contributed by atoms with Crippen LogP contribution in [0.3, 0.4) is 0 Å².